The smallest absolute Gasteiger partial charge is 0.321 e. The van der Waals surface area contributed by atoms with Gasteiger partial charge < -0.3 is 15.5 Å². The Balaban J connectivity index is 1.43. The van der Waals surface area contributed by atoms with Crippen LogP contribution in [-0.2, 0) is 11.3 Å². The minimum Gasteiger partial charge on any atom is -0.352 e. The summed E-state index contributed by atoms with van der Waals surface area (Å²) in [5, 5.41) is 5.96. The van der Waals surface area contributed by atoms with E-state index in [-0.39, 0.29) is 17.9 Å². The quantitative estimate of drug-likeness (QED) is 0.845. The van der Waals surface area contributed by atoms with Crippen molar-refractivity contribution in [3.05, 3.63) is 66.2 Å². The number of para-hydroxylation sites is 1. The Kier molecular flexibility index (Phi) is 6.47. The van der Waals surface area contributed by atoms with Crippen molar-refractivity contribution in [3.63, 3.8) is 0 Å². The molecule has 5 nitrogen and oxygen atoms in total. The fourth-order valence-corrected chi connectivity index (χ4v) is 3.49. The van der Waals surface area contributed by atoms with Gasteiger partial charge in [-0.15, -0.1) is 0 Å². The number of nitrogens with one attached hydrogen (secondary N) is 2. The lowest BCUT2D eigenvalue weighted by molar-refractivity contribution is -0.126. The van der Waals surface area contributed by atoms with Crippen molar-refractivity contribution in [1.82, 2.24) is 10.2 Å². The lowest BCUT2D eigenvalue weighted by Gasteiger charge is -2.34. The molecule has 1 saturated heterocycles. The highest BCUT2D eigenvalue weighted by atomic mass is 16.2. The van der Waals surface area contributed by atoms with E-state index >= 15 is 0 Å². The highest BCUT2D eigenvalue weighted by Gasteiger charge is 2.29. The molecule has 2 aromatic carbocycles. The minimum atomic E-state index is -0.0687. The molecular weight excluding hydrogens is 338 g/mol. The number of hydrogen-bond acceptors (Lipinski definition) is 2. The molecular formula is C22H27N3O2. The SMILES string of the molecule is C[C@H](C(=O)NCc1ccccc1)C1CCN(C(=O)Nc2ccccc2)CC1. The molecule has 0 bridgehead atoms. The van der Waals surface area contributed by atoms with E-state index in [1.165, 1.54) is 0 Å². The Morgan fingerprint density at radius 2 is 1.59 bits per heavy atom. The molecule has 1 aliphatic rings. The molecule has 5 heteroatoms. The maximum atomic E-state index is 12.5. The van der Waals surface area contributed by atoms with Gasteiger partial charge in [-0.05, 0) is 36.5 Å². The summed E-state index contributed by atoms with van der Waals surface area (Å²) in [5.41, 5.74) is 1.91. The van der Waals surface area contributed by atoms with E-state index in [0.717, 1.165) is 24.1 Å². The number of piperidine rings is 1. The highest BCUT2D eigenvalue weighted by Crippen LogP contribution is 2.25. The highest BCUT2D eigenvalue weighted by molar-refractivity contribution is 5.89. The molecule has 2 aromatic rings. The van der Waals surface area contributed by atoms with Crippen LogP contribution < -0.4 is 10.6 Å². The van der Waals surface area contributed by atoms with Gasteiger partial charge in [0.25, 0.3) is 0 Å². The zero-order valence-electron chi connectivity index (χ0n) is 15.7. The van der Waals surface area contributed by atoms with Crippen LogP contribution in [-0.4, -0.2) is 29.9 Å². The number of amides is 3. The van der Waals surface area contributed by atoms with Gasteiger partial charge in [0.15, 0.2) is 0 Å². The third-order valence-electron chi connectivity index (χ3n) is 5.28. The molecule has 3 rings (SSSR count). The van der Waals surface area contributed by atoms with Gasteiger partial charge in [-0.2, -0.15) is 0 Å². The molecule has 1 fully saturated rings. The van der Waals surface area contributed by atoms with Crippen LogP contribution >= 0.6 is 0 Å². The van der Waals surface area contributed by atoms with E-state index in [2.05, 4.69) is 10.6 Å². The molecule has 1 heterocycles. The first-order chi connectivity index (χ1) is 13.1. The standard InChI is InChI=1S/C22H27N3O2/c1-17(21(26)23-16-18-8-4-2-5-9-18)19-12-14-25(15-13-19)22(27)24-20-10-6-3-7-11-20/h2-11,17,19H,12-16H2,1H3,(H,23,26)(H,24,27)/t17-/m0/s1. The van der Waals surface area contributed by atoms with Crippen molar-refractivity contribution in [1.29, 1.82) is 0 Å². The second-order valence-corrected chi connectivity index (χ2v) is 7.11. The predicted octanol–water partition coefficient (Wildman–Crippen LogP) is 3.88. The molecule has 0 spiro atoms. The zero-order chi connectivity index (χ0) is 19.1. The van der Waals surface area contributed by atoms with Gasteiger partial charge in [-0.25, -0.2) is 4.79 Å². The average Bonchev–Trinajstić information content (AvgIpc) is 2.73. The molecule has 27 heavy (non-hydrogen) atoms. The molecule has 0 radical (unpaired) electrons. The normalized spacial score (nSPS) is 15.8. The van der Waals surface area contributed by atoms with Crippen LogP contribution in [0.25, 0.3) is 0 Å². The Hall–Kier alpha value is -2.82. The van der Waals surface area contributed by atoms with Crippen LogP contribution in [0, 0.1) is 11.8 Å². The number of urea groups is 1. The lowest BCUT2D eigenvalue weighted by Crippen LogP contribution is -2.44. The first-order valence-electron chi connectivity index (χ1n) is 9.56. The molecule has 142 valence electrons. The molecule has 3 amide bonds. The van der Waals surface area contributed by atoms with Crippen molar-refractivity contribution >= 4 is 17.6 Å². The van der Waals surface area contributed by atoms with E-state index in [1.807, 2.05) is 72.5 Å². The molecule has 1 atom stereocenters. The van der Waals surface area contributed by atoms with Crippen molar-refractivity contribution in [2.45, 2.75) is 26.3 Å². The first kappa shape index (κ1) is 19.0. The number of benzene rings is 2. The van der Waals surface area contributed by atoms with Gasteiger partial charge in [0.05, 0.1) is 0 Å². The van der Waals surface area contributed by atoms with Crippen molar-refractivity contribution in [3.8, 4) is 0 Å². The number of carbonyl (C=O) groups excluding carboxylic acids is 2. The third-order valence-corrected chi connectivity index (χ3v) is 5.28. The summed E-state index contributed by atoms with van der Waals surface area (Å²) < 4.78 is 0. The van der Waals surface area contributed by atoms with Crippen molar-refractivity contribution < 1.29 is 9.59 Å². The molecule has 0 aromatic heterocycles. The van der Waals surface area contributed by atoms with E-state index < -0.39 is 0 Å². The first-order valence-corrected chi connectivity index (χ1v) is 9.56. The maximum Gasteiger partial charge on any atom is 0.321 e. The van der Waals surface area contributed by atoms with Crippen LogP contribution in [0.5, 0.6) is 0 Å². The summed E-state index contributed by atoms with van der Waals surface area (Å²) in [4.78, 5) is 26.7. The number of nitrogens with zero attached hydrogens (tertiary/aromatic N) is 1. The van der Waals surface area contributed by atoms with E-state index in [0.29, 0.717) is 25.6 Å². The van der Waals surface area contributed by atoms with Crippen LogP contribution in [0.4, 0.5) is 10.5 Å². The zero-order valence-corrected chi connectivity index (χ0v) is 15.7. The van der Waals surface area contributed by atoms with Gasteiger partial charge in [0.1, 0.15) is 0 Å². The van der Waals surface area contributed by atoms with Crippen molar-refractivity contribution in [2.75, 3.05) is 18.4 Å². The number of hydrogen-bond donors (Lipinski definition) is 2. The maximum absolute atomic E-state index is 12.5. The Labute approximate surface area is 160 Å². The van der Waals surface area contributed by atoms with Gasteiger partial charge in [-0.1, -0.05) is 55.5 Å². The van der Waals surface area contributed by atoms with Crippen LogP contribution in [0.15, 0.2) is 60.7 Å². The van der Waals surface area contributed by atoms with E-state index in [4.69, 9.17) is 0 Å². The number of anilines is 1. The number of rotatable bonds is 5. The fourth-order valence-electron chi connectivity index (χ4n) is 3.49. The summed E-state index contributed by atoms with van der Waals surface area (Å²) in [6, 6.07) is 19.3. The summed E-state index contributed by atoms with van der Waals surface area (Å²) in [6.45, 7) is 3.91. The topological polar surface area (TPSA) is 61.4 Å². The van der Waals surface area contributed by atoms with Crippen LogP contribution in [0.1, 0.15) is 25.3 Å². The monoisotopic (exact) mass is 365 g/mol. The van der Waals surface area contributed by atoms with Crippen LogP contribution in [0.2, 0.25) is 0 Å². The summed E-state index contributed by atoms with van der Waals surface area (Å²) in [7, 11) is 0. The fraction of sp³-hybridized carbons (Fsp3) is 0.364. The van der Waals surface area contributed by atoms with Gasteiger partial charge in [-0.3, -0.25) is 4.79 Å². The average molecular weight is 365 g/mol. The molecule has 0 aliphatic carbocycles. The second kappa shape index (κ2) is 9.21. The Bertz CT molecular complexity index is 741. The predicted molar refractivity (Wildman–Crippen MR) is 107 cm³/mol. The van der Waals surface area contributed by atoms with Gasteiger partial charge in [0.2, 0.25) is 5.91 Å². The summed E-state index contributed by atoms with van der Waals surface area (Å²) in [5.74, 6) is 0.348. The largest absolute Gasteiger partial charge is 0.352 e. The van der Waals surface area contributed by atoms with Gasteiger partial charge >= 0.3 is 6.03 Å². The molecule has 2 N–H and O–H groups in total. The lowest BCUT2D eigenvalue weighted by atomic mass is 9.85. The summed E-state index contributed by atoms with van der Waals surface area (Å²) in [6.07, 6.45) is 1.70. The van der Waals surface area contributed by atoms with E-state index in [9.17, 15) is 9.59 Å². The molecule has 1 aliphatic heterocycles. The molecule has 0 saturated carbocycles. The van der Waals surface area contributed by atoms with Crippen LogP contribution in [0.3, 0.4) is 0 Å². The Morgan fingerprint density at radius 1 is 1.00 bits per heavy atom. The second-order valence-electron chi connectivity index (χ2n) is 7.11. The minimum absolute atomic E-state index is 0.0481. The molecule has 0 unspecified atom stereocenters. The number of carbonyl (C=O) groups is 2. The van der Waals surface area contributed by atoms with Crippen molar-refractivity contribution in [2.24, 2.45) is 11.8 Å². The summed E-state index contributed by atoms with van der Waals surface area (Å²) >= 11 is 0. The number of likely N-dealkylation sites (tertiary alicyclic amines) is 1. The Morgan fingerprint density at radius 3 is 2.22 bits per heavy atom. The van der Waals surface area contributed by atoms with E-state index in [1.54, 1.807) is 0 Å². The van der Waals surface area contributed by atoms with Gasteiger partial charge in [0, 0.05) is 31.2 Å². The third kappa shape index (κ3) is 5.33.